The molecule has 29 heavy (non-hydrogen) atoms. The molecule has 1 fully saturated rings. The van der Waals surface area contributed by atoms with Crippen molar-refractivity contribution in [1.29, 1.82) is 0 Å². The molecule has 6 nitrogen and oxygen atoms in total. The number of likely N-dealkylation sites (tertiary alicyclic amines) is 1. The van der Waals surface area contributed by atoms with Crippen LogP contribution in [0.3, 0.4) is 0 Å². The molecular formula is C23H25NO5. The van der Waals surface area contributed by atoms with E-state index < -0.39 is 17.7 Å². The summed E-state index contributed by atoms with van der Waals surface area (Å²) in [6.07, 6.45) is 0.648. The van der Waals surface area contributed by atoms with Crippen LogP contribution >= 0.6 is 0 Å². The van der Waals surface area contributed by atoms with Gasteiger partial charge in [0.1, 0.15) is 5.76 Å². The maximum Gasteiger partial charge on any atom is 0.295 e. The lowest BCUT2D eigenvalue weighted by Crippen LogP contribution is -2.30. The van der Waals surface area contributed by atoms with Gasteiger partial charge in [0, 0.05) is 12.1 Å². The van der Waals surface area contributed by atoms with Gasteiger partial charge in [-0.15, -0.1) is 0 Å². The lowest BCUT2D eigenvalue weighted by atomic mass is 9.93. The zero-order valence-corrected chi connectivity index (χ0v) is 17.0. The van der Waals surface area contributed by atoms with Crippen molar-refractivity contribution in [3.63, 3.8) is 0 Å². The third-order valence-corrected chi connectivity index (χ3v) is 5.17. The highest BCUT2D eigenvalue weighted by Gasteiger charge is 2.46. The van der Waals surface area contributed by atoms with Crippen LogP contribution in [0.1, 0.15) is 41.6 Å². The van der Waals surface area contributed by atoms with Crippen LogP contribution in [0.15, 0.2) is 42.0 Å². The standard InChI is InChI=1S/C23H25NO5/c1-5-10-24-20(15-8-9-18(29-4)17(25)12-15)19(22(27)23(24)28)21(26)16-11-13(2)6-7-14(16)3/h6-9,11-12,20,25-26H,5,10H2,1-4H3/b21-19+. The van der Waals surface area contributed by atoms with Crippen LogP contribution in [0.25, 0.3) is 5.76 Å². The molecule has 3 rings (SSSR count). The second-order valence-electron chi connectivity index (χ2n) is 7.24. The molecule has 2 aromatic rings. The predicted molar refractivity (Wildman–Crippen MR) is 110 cm³/mol. The highest BCUT2D eigenvalue weighted by molar-refractivity contribution is 6.46. The van der Waals surface area contributed by atoms with Gasteiger partial charge in [0.2, 0.25) is 0 Å². The van der Waals surface area contributed by atoms with Crippen molar-refractivity contribution < 1.29 is 24.5 Å². The summed E-state index contributed by atoms with van der Waals surface area (Å²) in [5, 5.41) is 21.3. The summed E-state index contributed by atoms with van der Waals surface area (Å²) >= 11 is 0. The number of carbonyl (C=O) groups excluding carboxylic acids is 2. The van der Waals surface area contributed by atoms with Crippen LogP contribution in [-0.2, 0) is 9.59 Å². The fraction of sp³-hybridized carbons (Fsp3) is 0.304. The lowest BCUT2D eigenvalue weighted by molar-refractivity contribution is -0.139. The van der Waals surface area contributed by atoms with Crippen molar-refractivity contribution in [2.75, 3.05) is 13.7 Å². The number of phenols is 1. The summed E-state index contributed by atoms with van der Waals surface area (Å²) in [4.78, 5) is 27.1. The van der Waals surface area contributed by atoms with Crippen LogP contribution in [0, 0.1) is 13.8 Å². The zero-order valence-electron chi connectivity index (χ0n) is 17.0. The van der Waals surface area contributed by atoms with Crippen LogP contribution in [0.4, 0.5) is 0 Å². The Labute approximate surface area is 170 Å². The molecule has 1 saturated heterocycles. The maximum absolute atomic E-state index is 12.9. The van der Waals surface area contributed by atoms with Crippen molar-refractivity contribution >= 4 is 17.4 Å². The molecule has 152 valence electrons. The van der Waals surface area contributed by atoms with E-state index in [0.29, 0.717) is 24.1 Å². The summed E-state index contributed by atoms with van der Waals surface area (Å²) in [5.41, 5.74) is 2.80. The highest BCUT2D eigenvalue weighted by atomic mass is 16.5. The van der Waals surface area contributed by atoms with E-state index in [1.807, 2.05) is 32.9 Å². The van der Waals surface area contributed by atoms with Crippen LogP contribution in [0.2, 0.25) is 0 Å². The normalized spacial score (nSPS) is 18.3. The van der Waals surface area contributed by atoms with Gasteiger partial charge >= 0.3 is 0 Å². The topological polar surface area (TPSA) is 87.1 Å². The molecule has 1 aliphatic rings. The minimum absolute atomic E-state index is 0.0294. The van der Waals surface area contributed by atoms with E-state index in [1.165, 1.54) is 18.1 Å². The molecule has 0 aromatic heterocycles. The second kappa shape index (κ2) is 7.99. The summed E-state index contributed by atoms with van der Waals surface area (Å²) in [6.45, 7) is 5.99. The maximum atomic E-state index is 12.9. The summed E-state index contributed by atoms with van der Waals surface area (Å²) in [7, 11) is 1.44. The second-order valence-corrected chi connectivity index (χ2v) is 7.24. The number of phenolic OH excluding ortho intramolecular Hbond substituents is 1. The molecule has 0 spiro atoms. The fourth-order valence-corrected chi connectivity index (χ4v) is 3.71. The number of Topliss-reactive ketones (excluding diaryl/α,β-unsaturated/α-hetero) is 1. The number of amides is 1. The average molecular weight is 395 g/mol. The number of ether oxygens (including phenoxy) is 1. The van der Waals surface area contributed by atoms with E-state index in [0.717, 1.165) is 11.1 Å². The Morgan fingerprint density at radius 1 is 1.14 bits per heavy atom. The largest absolute Gasteiger partial charge is 0.507 e. The number of benzene rings is 2. The SMILES string of the molecule is CCCN1C(=O)C(=O)/C(=C(/O)c2cc(C)ccc2C)C1c1ccc(OC)c(O)c1. The Morgan fingerprint density at radius 3 is 2.48 bits per heavy atom. The molecule has 0 radical (unpaired) electrons. The average Bonchev–Trinajstić information content (AvgIpc) is 2.94. The fourth-order valence-electron chi connectivity index (χ4n) is 3.71. The van der Waals surface area contributed by atoms with Crippen LogP contribution in [0.5, 0.6) is 11.5 Å². The molecule has 6 heteroatoms. The molecule has 0 saturated carbocycles. The molecule has 1 amide bonds. The minimum Gasteiger partial charge on any atom is -0.507 e. The number of ketones is 1. The highest BCUT2D eigenvalue weighted by Crippen LogP contribution is 2.42. The summed E-state index contributed by atoms with van der Waals surface area (Å²) < 4.78 is 5.09. The van der Waals surface area contributed by atoms with Crippen molar-refractivity contribution in [3.8, 4) is 11.5 Å². The van der Waals surface area contributed by atoms with Crippen molar-refractivity contribution in [2.45, 2.75) is 33.2 Å². The summed E-state index contributed by atoms with van der Waals surface area (Å²) in [5.74, 6) is -1.39. The smallest absolute Gasteiger partial charge is 0.295 e. The molecule has 1 unspecified atom stereocenters. The number of hydrogen-bond donors (Lipinski definition) is 2. The number of rotatable bonds is 5. The van der Waals surface area contributed by atoms with Gasteiger partial charge in [-0.05, 0) is 49.6 Å². The number of carbonyl (C=O) groups is 2. The van der Waals surface area contributed by atoms with Gasteiger partial charge < -0.3 is 19.8 Å². The minimum atomic E-state index is -0.785. The Kier molecular flexibility index (Phi) is 5.64. The molecule has 1 heterocycles. The number of aryl methyl sites for hydroxylation is 2. The molecule has 0 aliphatic carbocycles. The zero-order chi connectivity index (χ0) is 21.3. The van der Waals surface area contributed by atoms with Gasteiger partial charge in [0.05, 0.1) is 18.7 Å². The number of methoxy groups -OCH3 is 1. The number of aliphatic hydroxyl groups is 1. The first kappa shape index (κ1) is 20.5. The number of hydrogen-bond acceptors (Lipinski definition) is 5. The Balaban J connectivity index is 2.24. The third kappa shape index (κ3) is 3.58. The molecule has 0 bridgehead atoms. The monoisotopic (exact) mass is 395 g/mol. The quantitative estimate of drug-likeness (QED) is 0.456. The van der Waals surface area contributed by atoms with E-state index in [9.17, 15) is 19.8 Å². The van der Waals surface area contributed by atoms with Crippen LogP contribution < -0.4 is 4.74 Å². The number of aliphatic hydroxyl groups excluding tert-OH is 1. The third-order valence-electron chi connectivity index (χ3n) is 5.17. The van der Waals surface area contributed by atoms with Gasteiger partial charge in [-0.3, -0.25) is 9.59 Å². The van der Waals surface area contributed by atoms with Crippen LogP contribution in [-0.4, -0.2) is 40.5 Å². The van der Waals surface area contributed by atoms with Crippen molar-refractivity contribution in [2.24, 2.45) is 0 Å². The van der Waals surface area contributed by atoms with Gasteiger partial charge in [-0.25, -0.2) is 0 Å². The van der Waals surface area contributed by atoms with Gasteiger partial charge in [-0.1, -0.05) is 30.7 Å². The number of nitrogens with zero attached hydrogens (tertiary/aromatic N) is 1. The molecule has 2 aromatic carbocycles. The van der Waals surface area contributed by atoms with Gasteiger partial charge in [0.25, 0.3) is 11.7 Å². The van der Waals surface area contributed by atoms with E-state index in [4.69, 9.17) is 4.74 Å². The first-order chi connectivity index (χ1) is 13.8. The van der Waals surface area contributed by atoms with Gasteiger partial charge in [0.15, 0.2) is 11.5 Å². The first-order valence-corrected chi connectivity index (χ1v) is 9.53. The lowest BCUT2D eigenvalue weighted by Gasteiger charge is -2.25. The Morgan fingerprint density at radius 2 is 1.86 bits per heavy atom. The number of aromatic hydroxyl groups is 1. The predicted octanol–water partition coefficient (Wildman–Crippen LogP) is 3.85. The molecule has 1 aliphatic heterocycles. The van der Waals surface area contributed by atoms with E-state index in [2.05, 4.69) is 0 Å². The molecule has 2 N–H and O–H groups in total. The summed E-state index contributed by atoms with van der Waals surface area (Å²) in [6, 6.07) is 9.52. The molecule has 1 atom stereocenters. The molecular weight excluding hydrogens is 370 g/mol. The van der Waals surface area contributed by atoms with Crippen molar-refractivity contribution in [3.05, 3.63) is 64.2 Å². The first-order valence-electron chi connectivity index (χ1n) is 9.53. The van der Waals surface area contributed by atoms with E-state index in [1.54, 1.807) is 18.2 Å². The Hall–Kier alpha value is -3.28. The van der Waals surface area contributed by atoms with E-state index >= 15 is 0 Å². The van der Waals surface area contributed by atoms with E-state index in [-0.39, 0.29) is 22.8 Å². The van der Waals surface area contributed by atoms with Crippen molar-refractivity contribution in [1.82, 2.24) is 4.90 Å². The Bertz CT molecular complexity index is 1010. The van der Waals surface area contributed by atoms with Gasteiger partial charge in [-0.2, -0.15) is 0 Å².